The minimum atomic E-state index is -4.43. The Labute approximate surface area is 207 Å². The van der Waals surface area contributed by atoms with E-state index in [2.05, 4.69) is 10.3 Å². The zero-order valence-electron chi connectivity index (χ0n) is 19.8. The largest absolute Gasteiger partial charge is 0.416 e. The standard InChI is InChI=1S/C27H27F3N4O2/c1-19(17-20-5-3-2-4-6-20)32-25(35)22-9-12-24(31-18-22)33-13-15-34(16-14-33)26(36)21-7-10-23(11-8-21)27(28,29)30/h2-12,18-19H,13-17H2,1H3,(H,32,35). The van der Waals surface area contributed by atoms with Crippen molar-refractivity contribution < 1.29 is 22.8 Å². The summed E-state index contributed by atoms with van der Waals surface area (Å²) < 4.78 is 38.3. The highest BCUT2D eigenvalue weighted by atomic mass is 19.4. The van der Waals surface area contributed by atoms with Crippen LogP contribution in [-0.2, 0) is 12.6 Å². The summed E-state index contributed by atoms with van der Waals surface area (Å²) in [5.74, 6) is 0.211. The second kappa shape index (κ2) is 10.8. The van der Waals surface area contributed by atoms with Gasteiger partial charge in [-0.25, -0.2) is 4.98 Å². The van der Waals surface area contributed by atoms with Crippen LogP contribution in [0.25, 0.3) is 0 Å². The van der Waals surface area contributed by atoms with Gasteiger partial charge in [0.25, 0.3) is 11.8 Å². The molecule has 36 heavy (non-hydrogen) atoms. The van der Waals surface area contributed by atoms with E-state index in [0.29, 0.717) is 37.6 Å². The molecular weight excluding hydrogens is 469 g/mol. The molecule has 1 aliphatic rings. The normalized spacial score (nSPS) is 14.9. The van der Waals surface area contributed by atoms with Gasteiger partial charge in [-0.15, -0.1) is 0 Å². The van der Waals surface area contributed by atoms with Crippen molar-refractivity contribution in [3.8, 4) is 0 Å². The Bertz CT molecular complexity index is 1170. The molecule has 2 amide bonds. The third-order valence-electron chi connectivity index (χ3n) is 6.12. The molecule has 1 fully saturated rings. The smallest absolute Gasteiger partial charge is 0.353 e. The van der Waals surface area contributed by atoms with Crippen molar-refractivity contribution in [2.24, 2.45) is 0 Å². The molecule has 1 N–H and O–H groups in total. The maximum absolute atomic E-state index is 12.8. The van der Waals surface area contributed by atoms with Gasteiger partial charge in [-0.1, -0.05) is 30.3 Å². The summed E-state index contributed by atoms with van der Waals surface area (Å²) in [7, 11) is 0. The first-order valence-corrected chi connectivity index (χ1v) is 11.7. The van der Waals surface area contributed by atoms with Crippen molar-refractivity contribution in [2.75, 3.05) is 31.1 Å². The van der Waals surface area contributed by atoms with Gasteiger partial charge in [-0.3, -0.25) is 9.59 Å². The Morgan fingerprint density at radius 3 is 2.14 bits per heavy atom. The lowest BCUT2D eigenvalue weighted by molar-refractivity contribution is -0.137. The van der Waals surface area contributed by atoms with Gasteiger partial charge in [0.05, 0.1) is 11.1 Å². The molecule has 3 aromatic rings. The van der Waals surface area contributed by atoms with Gasteiger partial charge < -0.3 is 15.1 Å². The Hall–Kier alpha value is -3.88. The van der Waals surface area contributed by atoms with E-state index in [-0.39, 0.29) is 23.4 Å². The van der Waals surface area contributed by atoms with Gasteiger partial charge in [0.1, 0.15) is 5.82 Å². The van der Waals surface area contributed by atoms with Crippen molar-refractivity contribution in [1.29, 1.82) is 0 Å². The lowest BCUT2D eigenvalue weighted by Gasteiger charge is -2.35. The maximum Gasteiger partial charge on any atom is 0.416 e. The number of aromatic nitrogens is 1. The Morgan fingerprint density at radius 1 is 0.917 bits per heavy atom. The topological polar surface area (TPSA) is 65.5 Å². The molecule has 1 atom stereocenters. The highest BCUT2D eigenvalue weighted by Crippen LogP contribution is 2.29. The summed E-state index contributed by atoms with van der Waals surface area (Å²) in [6, 6.07) is 17.7. The number of alkyl halides is 3. The number of hydrogen-bond acceptors (Lipinski definition) is 4. The van der Waals surface area contributed by atoms with Crippen molar-refractivity contribution in [3.05, 3.63) is 95.2 Å². The number of nitrogens with zero attached hydrogens (tertiary/aromatic N) is 3. The number of benzene rings is 2. The average molecular weight is 497 g/mol. The van der Waals surface area contributed by atoms with Crippen LogP contribution in [0.1, 0.15) is 38.8 Å². The SMILES string of the molecule is CC(Cc1ccccc1)NC(=O)c1ccc(N2CCN(C(=O)c3ccc(C(F)(F)F)cc3)CC2)nc1. The van der Waals surface area contributed by atoms with E-state index in [1.165, 1.54) is 12.1 Å². The van der Waals surface area contributed by atoms with Crippen LogP contribution in [0, 0.1) is 0 Å². The summed E-state index contributed by atoms with van der Waals surface area (Å²) in [5, 5.41) is 2.99. The molecule has 1 saturated heterocycles. The lowest BCUT2D eigenvalue weighted by atomic mass is 10.1. The number of anilines is 1. The molecule has 4 rings (SSSR count). The number of halogens is 3. The maximum atomic E-state index is 12.8. The molecule has 2 aromatic carbocycles. The highest BCUT2D eigenvalue weighted by molar-refractivity contribution is 5.95. The van der Waals surface area contributed by atoms with Crippen molar-refractivity contribution in [1.82, 2.24) is 15.2 Å². The highest BCUT2D eigenvalue weighted by Gasteiger charge is 2.31. The fraction of sp³-hybridized carbons (Fsp3) is 0.296. The van der Waals surface area contributed by atoms with Crippen molar-refractivity contribution in [2.45, 2.75) is 25.6 Å². The van der Waals surface area contributed by atoms with Gasteiger partial charge in [0.15, 0.2) is 0 Å². The van der Waals surface area contributed by atoms with Gasteiger partial charge in [0.2, 0.25) is 0 Å². The Morgan fingerprint density at radius 2 is 1.56 bits per heavy atom. The summed E-state index contributed by atoms with van der Waals surface area (Å²) in [5.41, 5.74) is 1.06. The molecule has 0 aliphatic carbocycles. The van der Waals surface area contributed by atoms with Crippen LogP contribution in [-0.4, -0.2) is 53.9 Å². The average Bonchev–Trinajstić information content (AvgIpc) is 2.88. The van der Waals surface area contributed by atoms with E-state index < -0.39 is 11.7 Å². The summed E-state index contributed by atoms with van der Waals surface area (Å²) >= 11 is 0. The first-order valence-electron chi connectivity index (χ1n) is 11.7. The van der Waals surface area contributed by atoms with Crippen LogP contribution in [0.4, 0.5) is 19.0 Å². The van der Waals surface area contributed by atoms with Crippen LogP contribution in [0.5, 0.6) is 0 Å². The molecule has 0 saturated carbocycles. The van der Waals surface area contributed by atoms with E-state index in [4.69, 9.17) is 0 Å². The molecule has 0 spiro atoms. The first kappa shape index (κ1) is 25.2. The second-order valence-electron chi connectivity index (χ2n) is 8.82. The van der Waals surface area contributed by atoms with E-state index in [9.17, 15) is 22.8 Å². The quantitative estimate of drug-likeness (QED) is 0.549. The van der Waals surface area contributed by atoms with Crippen molar-refractivity contribution in [3.63, 3.8) is 0 Å². The number of carbonyl (C=O) groups is 2. The number of piperazine rings is 1. The third kappa shape index (κ3) is 6.21. The van der Waals surface area contributed by atoms with E-state index in [1.807, 2.05) is 42.2 Å². The fourth-order valence-corrected chi connectivity index (χ4v) is 4.16. The van der Waals surface area contributed by atoms with Crippen LogP contribution < -0.4 is 10.2 Å². The predicted octanol–water partition coefficient (Wildman–Crippen LogP) is 4.42. The number of rotatable bonds is 6. The van der Waals surface area contributed by atoms with Crippen LogP contribution in [0.2, 0.25) is 0 Å². The minimum Gasteiger partial charge on any atom is -0.353 e. The number of hydrogen-bond donors (Lipinski definition) is 1. The number of nitrogens with one attached hydrogen (secondary N) is 1. The summed E-state index contributed by atoms with van der Waals surface area (Å²) in [6.45, 7) is 3.84. The fourth-order valence-electron chi connectivity index (χ4n) is 4.16. The Balaban J connectivity index is 1.28. The monoisotopic (exact) mass is 496 g/mol. The molecule has 1 unspecified atom stereocenters. The number of amides is 2. The summed E-state index contributed by atoms with van der Waals surface area (Å²) in [4.78, 5) is 33.3. The second-order valence-corrected chi connectivity index (χ2v) is 8.82. The first-order chi connectivity index (χ1) is 17.2. The van der Waals surface area contributed by atoms with Crippen molar-refractivity contribution >= 4 is 17.6 Å². The van der Waals surface area contributed by atoms with E-state index in [1.54, 1.807) is 23.2 Å². The molecule has 9 heteroatoms. The van der Waals surface area contributed by atoms with Gasteiger partial charge >= 0.3 is 6.18 Å². The van der Waals surface area contributed by atoms with E-state index in [0.717, 1.165) is 24.1 Å². The van der Waals surface area contributed by atoms with Gasteiger partial charge in [0, 0.05) is 44.0 Å². The van der Waals surface area contributed by atoms with Crippen LogP contribution in [0.3, 0.4) is 0 Å². The number of pyridine rings is 1. The molecule has 188 valence electrons. The van der Waals surface area contributed by atoms with E-state index >= 15 is 0 Å². The molecule has 1 aliphatic heterocycles. The van der Waals surface area contributed by atoms with Crippen LogP contribution >= 0.6 is 0 Å². The van der Waals surface area contributed by atoms with Gasteiger partial charge in [-0.05, 0) is 55.3 Å². The lowest BCUT2D eigenvalue weighted by Crippen LogP contribution is -2.49. The molecule has 2 heterocycles. The minimum absolute atomic E-state index is 0.0325. The third-order valence-corrected chi connectivity index (χ3v) is 6.12. The van der Waals surface area contributed by atoms with Gasteiger partial charge in [-0.2, -0.15) is 13.2 Å². The zero-order valence-corrected chi connectivity index (χ0v) is 19.8. The predicted molar refractivity (Wildman–Crippen MR) is 131 cm³/mol. The molecule has 6 nitrogen and oxygen atoms in total. The molecule has 1 aromatic heterocycles. The summed E-state index contributed by atoms with van der Waals surface area (Å²) in [6.07, 6.45) is -2.16. The molecular formula is C27H27F3N4O2. The molecule has 0 radical (unpaired) electrons. The molecule has 0 bridgehead atoms. The van der Waals surface area contributed by atoms with Crippen LogP contribution in [0.15, 0.2) is 72.9 Å². The zero-order chi connectivity index (χ0) is 25.7. The number of carbonyl (C=O) groups excluding carboxylic acids is 2. The Kier molecular flexibility index (Phi) is 7.57.